The minimum absolute atomic E-state index is 0.00458. The maximum Gasteiger partial charge on any atom is 0.209 e. The predicted octanol–water partition coefficient (Wildman–Crippen LogP) is 3.74. The van der Waals surface area contributed by atoms with E-state index in [2.05, 4.69) is 0 Å². The lowest BCUT2D eigenvalue weighted by Crippen LogP contribution is -2.06. The van der Waals surface area contributed by atoms with Gasteiger partial charge in [0.1, 0.15) is 17.1 Å². The molecule has 0 aliphatic heterocycles. The fourth-order valence-corrected chi connectivity index (χ4v) is 2.85. The van der Waals surface area contributed by atoms with E-state index in [9.17, 15) is 9.18 Å². The lowest BCUT2D eigenvalue weighted by Gasteiger charge is -2.07. The molecule has 2 aromatic rings. The molecular weight excluding hydrogens is 251 g/mol. The molecule has 0 saturated heterocycles. The summed E-state index contributed by atoms with van der Waals surface area (Å²) in [6, 6.07) is 6.31. The highest BCUT2D eigenvalue weighted by Crippen LogP contribution is 2.29. The Balaban J connectivity index is 2.56. The summed E-state index contributed by atoms with van der Waals surface area (Å²) in [7, 11) is 1.43. The highest BCUT2D eigenvalue weighted by Gasteiger charge is 2.22. The van der Waals surface area contributed by atoms with Crippen molar-refractivity contribution in [3.05, 3.63) is 51.0 Å². The van der Waals surface area contributed by atoms with Crippen LogP contribution >= 0.6 is 11.3 Å². The summed E-state index contributed by atoms with van der Waals surface area (Å²) in [5.41, 5.74) is 0.873. The zero-order valence-electron chi connectivity index (χ0n) is 10.4. The fraction of sp³-hybridized carbons (Fsp3) is 0.214. The first kappa shape index (κ1) is 12.8. The summed E-state index contributed by atoms with van der Waals surface area (Å²) in [6.45, 7) is 3.77. The number of thiophene rings is 1. The van der Waals surface area contributed by atoms with Gasteiger partial charge in [0.25, 0.3) is 0 Å². The molecule has 1 aromatic heterocycles. The number of ether oxygens (including phenoxy) is 1. The Kier molecular flexibility index (Phi) is 3.48. The number of aryl methyl sites for hydroxylation is 2. The summed E-state index contributed by atoms with van der Waals surface area (Å²) in [5.74, 6) is -0.601. The molecule has 18 heavy (non-hydrogen) atoms. The first-order chi connectivity index (χ1) is 8.54. The number of rotatable bonds is 3. The standard InChI is InChI=1S/C14H13FO2S/c1-8-7-9(2)18-14(8)13(16)12-10(15)5-4-6-11(12)17-3/h4-7H,1-3H3. The fourth-order valence-electron chi connectivity index (χ4n) is 1.88. The lowest BCUT2D eigenvalue weighted by molar-refractivity contribution is 0.103. The second kappa shape index (κ2) is 4.90. The molecule has 0 unspecified atom stereocenters. The van der Waals surface area contributed by atoms with Gasteiger partial charge in [0.15, 0.2) is 0 Å². The van der Waals surface area contributed by atoms with Crippen LogP contribution in [0, 0.1) is 19.7 Å². The third-order valence-corrected chi connectivity index (χ3v) is 3.82. The number of carbonyl (C=O) groups excluding carboxylic acids is 1. The molecule has 2 nitrogen and oxygen atoms in total. The van der Waals surface area contributed by atoms with Crippen molar-refractivity contribution in [1.29, 1.82) is 0 Å². The maximum atomic E-state index is 13.8. The van der Waals surface area contributed by atoms with Crippen LogP contribution in [0.15, 0.2) is 24.3 Å². The molecule has 0 saturated carbocycles. The van der Waals surface area contributed by atoms with Crippen LogP contribution in [0.4, 0.5) is 4.39 Å². The smallest absolute Gasteiger partial charge is 0.209 e. The van der Waals surface area contributed by atoms with E-state index in [4.69, 9.17) is 4.74 Å². The normalized spacial score (nSPS) is 10.4. The van der Waals surface area contributed by atoms with Crippen molar-refractivity contribution in [2.75, 3.05) is 7.11 Å². The second-order valence-electron chi connectivity index (χ2n) is 4.02. The Labute approximate surface area is 109 Å². The average molecular weight is 264 g/mol. The van der Waals surface area contributed by atoms with Crippen LogP contribution in [0.3, 0.4) is 0 Å². The summed E-state index contributed by atoms with van der Waals surface area (Å²) in [5, 5.41) is 0. The van der Waals surface area contributed by atoms with Gasteiger partial charge in [-0.2, -0.15) is 0 Å². The SMILES string of the molecule is COc1cccc(F)c1C(=O)c1sc(C)cc1C. The van der Waals surface area contributed by atoms with Gasteiger partial charge in [-0.25, -0.2) is 4.39 Å². The molecule has 1 aromatic carbocycles. The van der Waals surface area contributed by atoms with Crippen molar-refractivity contribution in [2.24, 2.45) is 0 Å². The monoisotopic (exact) mass is 264 g/mol. The topological polar surface area (TPSA) is 26.3 Å². The molecule has 2 rings (SSSR count). The Morgan fingerprint density at radius 2 is 2.06 bits per heavy atom. The van der Waals surface area contributed by atoms with Crippen LogP contribution in [-0.4, -0.2) is 12.9 Å². The first-order valence-electron chi connectivity index (χ1n) is 5.49. The van der Waals surface area contributed by atoms with Gasteiger partial charge < -0.3 is 4.74 Å². The molecular formula is C14H13FO2S. The maximum absolute atomic E-state index is 13.8. The number of benzene rings is 1. The first-order valence-corrected chi connectivity index (χ1v) is 6.30. The van der Waals surface area contributed by atoms with Crippen LogP contribution < -0.4 is 4.74 Å². The molecule has 4 heteroatoms. The highest BCUT2D eigenvalue weighted by molar-refractivity contribution is 7.14. The largest absolute Gasteiger partial charge is 0.496 e. The van der Waals surface area contributed by atoms with Crippen molar-refractivity contribution in [2.45, 2.75) is 13.8 Å². The van der Waals surface area contributed by atoms with Gasteiger partial charge in [-0.15, -0.1) is 11.3 Å². The van der Waals surface area contributed by atoms with Crippen molar-refractivity contribution >= 4 is 17.1 Å². The molecule has 0 amide bonds. The third kappa shape index (κ3) is 2.16. The minimum Gasteiger partial charge on any atom is -0.496 e. The van der Waals surface area contributed by atoms with E-state index in [-0.39, 0.29) is 17.1 Å². The van der Waals surface area contributed by atoms with Crippen molar-refractivity contribution in [3.63, 3.8) is 0 Å². The Morgan fingerprint density at radius 3 is 2.61 bits per heavy atom. The van der Waals surface area contributed by atoms with E-state index in [1.165, 1.54) is 30.6 Å². The van der Waals surface area contributed by atoms with Crippen LogP contribution in [0.1, 0.15) is 25.7 Å². The van der Waals surface area contributed by atoms with Gasteiger partial charge in [0.2, 0.25) is 5.78 Å². The van der Waals surface area contributed by atoms with Crippen molar-refractivity contribution in [3.8, 4) is 5.75 Å². The van der Waals surface area contributed by atoms with Crippen LogP contribution in [0.25, 0.3) is 0 Å². The molecule has 0 bridgehead atoms. The summed E-state index contributed by atoms with van der Waals surface area (Å²) >= 11 is 1.37. The summed E-state index contributed by atoms with van der Waals surface area (Å²) < 4.78 is 18.9. The molecule has 0 spiro atoms. The van der Waals surface area contributed by atoms with Gasteiger partial charge in [-0.3, -0.25) is 4.79 Å². The quantitative estimate of drug-likeness (QED) is 0.789. The zero-order chi connectivity index (χ0) is 13.3. The van der Waals surface area contributed by atoms with Gasteiger partial charge in [0, 0.05) is 4.88 Å². The number of halogens is 1. The molecule has 1 heterocycles. The number of carbonyl (C=O) groups is 1. The summed E-state index contributed by atoms with van der Waals surface area (Å²) in [6.07, 6.45) is 0. The zero-order valence-corrected chi connectivity index (χ0v) is 11.2. The Bertz CT molecular complexity index is 602. The van der Waals surface area contributed by atoms with Crippen molar-refractivity contribution in [1.82, 2.24) is 0 Å². The van der Waals surface area contributed by atoms with Crippen molar-refractivity contribution < 1.29 is 13.9 Å². The molecule has 0 fully saturated rings. The van der Waals surface area contributed by atoms with Gasteiger partial charge in [-0.1, -0.05) is 6.07 Å². The molecule has 0 N–H and O–H groups in total. The summed E-state index contributed by atoms with van der Waals surface area (Å²) in [4.78, 5) is 14.0. The van der Waals surface area contributed by atoms with E-state index < -0.39 is 5.82 Å². The molecule has 0 radical (unpaired) electrons. The number of hydrogen-bond donors (Lipinski definition) is 0. The third-order valence-electron chi connectivity index (χ3n) is 2.67. The van der Waals surface area contributed by atoms with Gasteiger partial charge in [-0.05, 0) is 37.6 Å². The average Bonchev–Trinajstić information content (AvgIpc) is 2.67. The lowest BCUT2D eigenvalue weighted by atomic mass is 10.1. The van der Waals surface area contributed by atoms with Gasteiger partial charge in [0.05, 0.1) is 12.0 Å². The molecule has 94 valence electrons. The minimum atomic E-state index is -0.551. The highest BCUT2D eigenvalue weighted by atomic mass is 32.1. The number of methoxy groups -OCH3 is 1. The molecule has 0 aliphatic rings. The Hall–Kier alpha value is -1.68. The van der Waals surface area contributed by atoms with Crippen LogP contribution in [0.2, 0.25) is 0 Å². The molecule has 0 aliphatic carbocycles. The van der Waals surface area contributed by atoms with Gasteiger partial charge >= 0.3 is 0 Å². The van der Waals surface area contributed by atoms with Crippen LogP contribution in [0.5, 0.6) is 5.75 Å². The number of ketones is 1. The van der Waals surface area contributed by atoms with E-state index in [1.54, 1.807) is 6.07 Å². The second-order valence-corrected chi connectivity index (χ2v) is 5.27. The molecule has 0 atom stereocenters. The van der Waals surface area contributed by atoms with E-state index >= 15 is 0 Å². The van der Waals surface area contributed by atoms with Crippen LogP contribution in [-0.2, 0) is 0 Å². The number of hydrogen-bond acceptors (Lipinski definition) is 3. The van der Waals surface area contributed by atoms with E-state index in [1.807, 2.05) is 19.9 Å². The predicted molar refractivity (Wildman–Crippen MR) is 70.2 cm³/mol. The Morgan fingerprint density at radius 1 is 1.33 bits per heavy atom. The van der Waals surface area contributed by atoms with E-state index in [0.29, 0.717) is 4.88 Å². The van der Waals surface area contributed by atoms with E-state index in [0.717, 1.165) is 10.4 Å².